The summed E-state index contributed by atoms with van der Waals surface area (Å²) in [6.07, 6.45) is 3.10. The molecule has 2 aromatic rings. The molecule has 162 valence electrons. The Morgan fingerprint density at radius 1 is 1.13 bits per heavy atom. The van der Waals surface area contributed by atoms with E-state index in [-0.39, 0.29) is 35.3 Å². The zero-order valence-electron chi connectivity index (χ0n) is 17.5. The number of benzene rings is 2. The van der Waals surface area contributed by atoms with Gasteiger partial charge in [-0.25, -0.2) is 0 Å². The summed E-state index contributed by atoms with van der Waals surface area (Å²) in [5.74, 6) is 0.758. The van der Waals surface area contributed by atoms with Crippen LogP contribution in [-0.2, 0) is 11.8 Å². The summed E-state index contributed by atoms with van der Waals surface area (Å²) in [6.45, 7) is 4.36. The number of amides is 1. The lowest BCUT2D eigenvalue weighted by Crippen LogP contribution is -2.39. The lowest BCUT2D eigenvalue weighted by atomic mass is 9.96. The molecule has 0 saturated heterocycles. The minimum atomic E-state index is -0.0644. The van der Waals surface area contributed by atoms with Gasteiger partial charge in [0, 0.05) is 36.1 Å². The molecule has 0 atom stereocenters. The van der Waals surface area contributed by atoms with E-state index in [1.54, 1.807) is 7.05 Å². The second kappa shape index (κ2) is 11.6. The molecular formula is C23H30ClIN4O. The van der Waals surface area contributed by atoms with E-state index >= 15 is 0 Å². The van der Waals surface area contributed by atoms with Crippen molar-refractivity contribution in [1.82, 2.24) is 16.0 Å². The van der Waals surface area contributed by atoms with Gasteiger partial charge in [-0.2, -0.15) is 0 Å². The van der Waals surface area contributed by atoms with E-state index in [9.17, 15) is 4.79 Å². The number of nitrogens with zero attached hydrogens (tertiary/aromatic N) is 1. The van der Waals surface area contributed by atoms with Crippen LogP contribution in [0.5, 0.6) is 0 Å². The van der Waals surface area contributed by atoms with Crippen LogP contribution in [0.25, 0.3) is 0 Å². The third kappa shape index (κ3) is 6.60. The highest BCUT2D eigenvalue weighted by Crippen LogP contribution is 2.48. The number of rotatable bonds is 8. The number of carbonyl (C=O) groups excluding carboxylic acids is 1. The Morgan fingerprint density at radius 3 is 2.57 bits per heavy atom. The molecule has 0 bridgehead atoms. The van der Waals surface area contributed by atoms with Crippen LogP contribution in [0, 0.1) is 0 Å². The van der Waals surface area contributed by atoms with Crippen LogP contribution in [0.2, 0.25) is 5.02 Å². The van der Waals surface area contributed by atoms with Crippen molar-refractivity contribution in [3.63, 3.8) is 0 Å². The molecule has 5 nitrogen and oxygen atoms in total. The van der Waals surface area contributed by atoms with Gasteiger partial charge in [0.1, 0.15) is 0 Å². The van der Waals surface area contributed by atoms with E-state index in [0.29, 0.717) is 5.56 Å². The summed E-state index contributed by atoms with van der Waals surface area (Å²) in [7, 11) is 1.64. The van der Waals surface area contributed by atoms with E-state index in [1.807, 2.05) is 36.4 Å². The highest BCUT2D eigenvalue weighted by atomic mass is 127. The molecule has 1 aliphatic carbocycles. The number of nitrogens with one attached hydrogen (secondary N) is 3. The molecule has 7 heteroatoms. The van der Waals surface area contributed by atoms with Gasteiger partial charge in [0.25, 0.3) is 5.91 Å². The summed E-state index contributed by atoms with van der Waals surface area (Å²) in [4.78, 5) is 16.6. The molecule has 1 saturated carbocycles. The van der Waals surface area contributed by atoms with Crippen molar-refractivity contribution in [2.45, 2.75) is 31.6 Å². The van der Waals surface area contributed by atoms with Crippen LogP contribution in [0.3, 0.4) is 0 Å². The number of hydrogen-bond acceptors (Lipinski definition) is 2. The van der Waals surface area contributed by atoms with Gasteiger partial charge in [0.15, 0.2) is 5.96 Å². The molecule has 0 radical (unpaired) electrons. The zero-order chi connectivity index (χ0) is 20.7. The maximum absolute atomic E-state index is 11.8. The maximum atomic E-state index is 11.8. The maximum Gasteiger partial charge on any atom is 0.251 e. The first-order chi connectivity index (χ1) is 14.1. The quantitative estimate of drug-likeness (QED) is 0.268. The van der Waals surface area contributed by atoms with Gasteiger partial charge in [-0.1, -0.05) is 35.9 Å². The molecule has 2 aromatic carbocycles. The summed E-state index contributed by atoms with van der Waals surface area (Å²) >= 11 is 6.17. The van der Waals surface area contributed by atoms with Gasteiger partial charge >= 0.3 is 0 Å². The largest absolute Gasteiger partial charge is 0.357 e. The minimum absolute atomic E-state index is 0. The Balaban J connectivity index is 0.00000320. The van der Waals surface area contributed by atoms with Gasteiger partial charge in [-0.3, -0.25) is 9.79 Å². The Labute approximate surface area is 201 Å². The number of hydrogen-bond donors (Lipinski definition) is 3. The van der Waals surface area contributed by atoms with Gasteiger partial charge in [0.05, 0.1) is 6.54 Å². The van der Waals surface area contributed by atoms with E-state index in [0.717, 1.165) is 55.4 Å². The third-order valence-corrected chi connectivity index (χ3v) is 5.53. The molecule has 1 aliphatic rings. The molecule has 0 aromatic heterocycles. The molecule has 1 fully saturated rings. The molecule has 0 unspecified atom stereocenters. The molecular weight excluding hydrogens is 511 g/mol. The zero-order valence-corrected chi connectivity index (χ0v) is 20.6. The van der Waals surface area contributed by atoms with Crippen molar-refractivity contribution in [3.05, 3.63) is 70.2 Å². The van der Waals surface area contributed by atoms with E-state index in [4.69, 9.17) is 16.6 Å². The first kappa shape index (κ1) is 24.5. The molecule has 1 amide bonds. The molecule has 0 spiro atoms. The predicted octanol–water partition coefficient (Wildman–Crippen LogP) is 4.15. The molecule has 3 N–H and O–H groups in total. The van der Waals surface area contributed by atoms with Crippen LogP contribution >= 0.6 is 35.6 Å². The number of carbonyl (C=O) groups is 1. The van der Waals surface area contributed by atoms with Crippen molar-refractivity contribution in [1.29, 1.82) is 0 Å². The lowest BCUT2D eigenvalue weighted by molar-refractivity contribution is 0.0963. The van der Waals surface area contributed by atoms with E-state index < -0.39 is 0 Å². The molecule has 30 heavy (non-hydrogen) atoms. The van der Waals surface area contributed by atoms with Crippen molar-refractivity contribution in [2.24, 2.45) is 4.99 Å². The predicted molar refractivity (Wildman–Crippen MR) is 135 cm³/mol. The summed E-state index contributed by atoms with van der Waals surface area (Å²) < 4.78 is 0. The fourth-order valence-corrected chi connectivity index (χ4v) is 3.61. The number of aliphatic imine (C=N–C) groups is 1. The van der Waals surface area contributed by atoms with Crippen molar-refractivity contribution >= 4 is 47.4 Å². The number of halogens is 2. The Kier molecular flexibility index (Phi) is 9.42. The fourth-order valence-electron chi connectivity index (χ4n) is 3.42. The first-order valence-corrected chi connectivity index (χ1v) is 10.5. The van der Waals surface area contributed by atoms with E-state index in [1.165, 1.54) is 5.56 Å². The van der Waals surface area contributed by atoms with Crippen molar-refractivity contribution < 1.29 is 4.79 Å². The van der Waals surface area contributed by atoms with Crippen molar-refractivity contribution in [2.75, 3.05) is 26.7 Å². The second-order valence-electron chi connectivity index (χ2n) is 7.44. The Bertz CT molecular complexity index is 883. The monoisotopic (exact) mass is 540 g/mol. The SMILES string of the molecule is CCNC(=NCC1(c2cccc(Cl)c2)CC1)NCCc1cccc(C(=O)NC)c1.I. The molecule has 0 aliphatic heterocycles. The fraction of sp³-hybridized carbons (Fsp3) is 0.391. The van der Waals surface area contributed by atoms with Gasteiger partial charge in [-0.05, 0) is 61.6 Å². The normalized spacial score (nSPS) is 14.4. The van der Waals surface area contributed by atoms with E-state index in [2.05, 4.69) is 35.0 Å². The summed E-state index contributed by atoms with van der Waals surface area (Å²) in [6, 6.07) is 15.8. The standard InChI is InChI=1S/C23H29ClN4O.HI/c1-3-26-22(27-13-10-17-6-4-7-18(14-17)21(29)25-2)28-16-23(11-12-23)19-8-5-9-20(24)15-19;/h4-9,14-15H,3,10-13,16H2,1-2H3,(H,25,29)(H2,26,27,28);1H. The average molecular weight is 541 g/mol. The second-order valence-corrected chi connectivity index (χ2v) is 7.88. The number of guanidine groups is 1. The lowest BCUT2D eigenvalue weighted by Gasteiger charge is -2.16. The third-order valence-electron chi connectivity index (χ3n) is 5.30. The van der Waals surface area contributed by atoms with Crippen LogP contribution in [-0.4, -0.2) is 38.5 Å². The molecule has 3 rings (SSSR count). The average Bonchev–Trinajstić information content (AvgIpc) is 3.53. The first-order valence-electron chi connectivity index (χ1n) is 10.2. The topological polar surface area (TPSA) is 65.5 Å². The summed E-state index contributed by atoms with van der Waals surface area (Å²) in [5.41, 5.74) is 3.19. The van der Waals surface area contributed by atoms with Crippen LogP contribution in [0.1, 0.15) is 41.3 Å². The summed E-state index contributed by atoms with van der Waals surface area (Å²) in [5, 5.41) is 10.2. The van der Waals surface area contributed by atoms with Crippen LogP contribution in [0.15, 0.2) is 53.5 Å². The van der Waals surface area contributed by atoms with Crippen LogP contribution < -0.4 is 16.0 Å². The molecule has 0 heterocycles. The highest BCUT2D eigenvalue weighted by Gasteiger charge is 2.44. The van der Waals surface area contributed by atoms with Gasteiger partial charge in [-0.15, -0.1) is 24.0 Å². The van der Waals surface area contributed by atoms with Gasteiger partial charge < -0.3 is 16.0 Å². The van der Waals surface area contributed by atoms with Crippen molar-refractivity contribution in [3.8, 4) is 0 Å². The Hall–Kier alpha value is -1.80. The smallest absolute Gasteiger partial charge is 0.251 e. The van der Waals surface area contributed by atoms with Crippen LogP contribution in [0.4, 0.5) is 0 Å². The van der Waals surface area contributed by atoms with Gasteiger partial charge in [0.2, 0.25) is 0 Å². The highest BCUT2D eigenvalue weighted by molar-refractivity contribution is 14.0. The minimum Gasteiger partial charge on any atom is -0.357 e. The Morgan fingerprint density at radius 2 is 1.90 bits per heavy atom.